The normalized spacial score (nSPS) is 12.2. The van der Waals surface area contributed by atoms with Crippen molar-refractivity contribution in [2.75, 3.05) is 0 Å². The van der Waals surface area contributed by atoms with Gasteiger partial charge in [-0.1, -0.05) is 109 Å². The maximum Gasteiger partial charge on any atom is -0.00134 e. The minimum absolute atomic E-state index is 1.25. The van der Waals surface area contributed by atoms with Gasteiger partial charge in [0.05, 0.1) is 0 Å². The smallest absolute Gasteiger partial charge is 0.00134 e. The number of fused-ring (bicyclic) bond motifs is 7. The van der Waals surface area contributed by atoms with Gasteiger partial charge in [0.25, 0.3) is 0 Å². The summed E-state index contributed by atoms with van der Waals surface area (Å²) in [6.07, 6.45) is 0. The number of rotatable bonds is 2. The predicted octanol–water partition coefficient (Wildman–Crippen LogP) is 10.8. The molecule has 0 N–H and O–H groups in total. The van der Waals surface area contributed by atoms with E-state index in [0.717, 1.165) is 0 Å². The van der Waals surface area contributed by atoms with E-state index in [1.165, 1.54) is 86.9 Å². The minimum Gasteiger partial charge on any atom is -0.0622 e. The lowest BCUT2D eigenvalue weighted by molar-refractivity contribution is 1.65. The molecule has 0 heterocycles. The molecule has 0 aliphatic rings. The van der Waals surface area contributed by atoms with Crippen LogP contribution in [-0.4, -0.2) is 0 Å². The largest absolute Gasteiger partial charge is 0.0622 e. The summed E-state index contributed by atoms with van der Waals surface area (Å²) in [7, 11) is 0. The van der Waals surface area contributed by atoms with E-state index in [-0.39, 0.29) is 0 Å². The van der Waals surface area contributed by atoms with Crippen LogP contribution in [0.5, 0.6) is 0 Å². The Hall–Kier alpha value is -4.94. The molecule has 0 bridgehead atoms. The van der Waals surface area contributed by atoms with E-state index in [1.807, 2.05) is 0 Å². The molecule has 174 valence electrons. The standard InChI is InChI=1S/C38H22/c1-3-9-23(10-4-1)26-19-28-20-27(24-11-5-2-6-12-24)22-34-36(28)33(21-26)31-18-17-30-29-15-7-13-25-14-8-16-32(35(25)29)37(30)38(31)34/h1-22H. The van der Waals surface area contributed by atoms with Crippen molar-refractivity contribution in [3.8, 4) is 22.3 Å². The number of benzene rings is 7. The second-order valence-electron chi connectivity index (χ2n) is 10.5. The van der Waals surface area contributed by atoms with Gasteiger partial charge in [0.2, 0.25) is 0 Å². The van der Waals surface area contributed by atoms with E-state index in [9.17, 15) is 0 Å². The molecule has 0 amide bonds. The third kappa shape index (κ3) is 2.59. The molecular weight excluding hydrogens is 456 g/mol. The first kappa shape index (κ1) is 20.2. The molecule has 0 aliphatic heterocycles. The van der Waals surface area contributed by atoms with Crippen LogP contribution >= 0.6 is 0 Å². The fourth-order valence-electron chi connectivity index (χ4n) is 6.90. The fraction of sp³-hybridized carbons (Fsp3) is 0. The van der Waals surface area contributed by atoms with Gasteiger partial charge in [-0.25, -0.2) is 0 Å². The molecule has 0 saturated carbocycles. The van der Waals surface area contributed by atoms with Gasteiger partial charge in [0, 0.05) is 0 Å². The molecule has 38 heavy (non-hydrogen) atoms. The van der Waals surface area contributed by atoms with Gasteiger partial charge in [-0.05, 0) is 111 Å². The van der Waals surface area contributed by atoms with Crippen LogP contribution in [0.4, 0.5) is 0 Å². The molecule has 9 aromatic carbocycles. The summed E-state index contributed by atoms with van der Waals surface area (Å²) in [6, 6.07) is 49.4. The first-order chi connectivity index (χ1) is 18.8. The quantitative estimate of drug-likeness (QED) is 0.232. The summed E-state index contributed by atoms with van der Waals surface area (Å²) in [5.41, 5.74) is 5.04. The summed E-state index contributed by atoms with van der Waals surface area (Å²) in [5.74, 6) is 0. The van der Waals surface area contributed by atoms with E-state index >= 15 is 0 Å². The molecule has 0 unspecified atom stereocenters. The van der Waals surface area contributed by atoms with E-state index in [0.29, 0.717) is 0 Å². The number of hydrogen-bond donors (Lipinski definition) is 0. The molecular formula is C38H22. The Morgan fingerprint density at radius 3 is 1.39 bits per heavy atom. The first-order valence-electron chi connectivity index (χ1n) is 13.3. The Labute approximate surface area is 220 Å². The Kier molecular flexibility index (Phi) is 3.88. The first-order valence-corrected chi connectivity index (χ1v) is 13.3. The van der Waals surface area contributed by atoms with Crippen LogP contribution in [0, 0.1) is 0 Å². The van der Waals surface area contributed by atoms with Crippen molar-refractivity contribution in [3.05, 3.63) is 133 Å². The van der Waals surface area contributed by atoms with Crippen LogP contribution in [0.25, 0.3) is 86.9 Å². The maximum atomic E-state index is 2.43. The van der Waals surface area contributed by atoms with Gasteiger partial charge < -0.3 is 0 Å². The predicted molar refractivity (Wildman–Crippen MR) is 165 cm³/mol. The lowest BCUT2D eigenvalue weighted by Crippen LogP contribution is -1.82. The van der Waals surface area contributed by atoms with Crippen LogP contribution in [0.1, 0.15) is 0 Å². The highest BCUT2D eigenvalue weighted by atomic mass is 14.2. The van der Waals surface area contributed by atoms with E-state index in [2.05, 4.69) is 133 Å². The second kappa shape index (κ2) is 7.31. The van der Waals surface area contributed by atoms with Crippen molar-refractivity contribution >= 4 is 64.6 Å². The molecule has 0 heteroatoms. The topological polar surface area (TPSA) is 0 Å². The lowest BCUT2D eigenvalue weighted by Gasteiger charge is -2.09. The zero-order valence-corrected chi connectivity index (χ0v) is 20.7. The highest BCUT2D eigenvalue weighted by molar-refractivity contribution is 6.43. The van der Waals surface area contributed by atoms with Gasteiger partial charge in [-0.15, -0.1) is 0 Å². The average Bonchev–Trinajstić information content (AvgIpc) is 3.49. The molecule has 0 aliphatic carbocycles. The zero-order valence-electron chi connectivity index (χ0n) is 20.7. The summed E-state index contributed by atoms with van der Waals surface area (Å²) < 4.78 is 0. The summed E-state index contributed by atoms with van der Waals surface area (Å²) in [5, 5.41) is 16.3. The van der Waals surface area contributed by atoms with Gasteiger partial charge in [-0.3, -0.25) is 0 Å². The molecule has 0 atom stereocenters. The highest BCUT2D eigenvalue weighted by Crippen LogP contribution is 2.49. The van der Waals surface area contributed by atoms with Crippen LogP contribution < -0.4 is 0 Å². The molecule has 0 radical (unpaired) electrons. The average molecular weight is 479 g/mol. The van der Waals surface area contributed by atoms with E-state index in [4.69, 9.17) is 0 Å². The molecule has 9 aromatic rings. The van der Waals surface area contributed by atoms with Crippen LogP contribution in [-0.2, 0) is 0 Å². The van der Waals surface area contributed by atoms with Gasteiger partial charge in [0.15, 0.2) is 0 Å². The molecule has 0 aromatic heterocycles. The van der Waals surface area contributed by atoms with Crippen molar-refractivity contribution in [3.63, 3.8) is 0 Å². The van der Waals surface area contributed by atoms with Crippen molar-refractivity contribution in [2.45, 2.75) is 0 Å². The lowest BCUT2D eigenvalue weighted by atomic mass is 9.95. The summed E-state index contributed by atoms with van der Waals surface area (Å²) >= 11 is 0. The molecule has 9 rings (SSSR count). The third-order valence-corrected chi connectivity index (χ3v) is 8.49. The Morgan fingerprint density at radius 1 is 0.237 bits per heavy atom. The SMILES string of the molecule is c1ccc(-c2cc3cc(-c4ccccc4)cc4c3c(c2)c2ccc3c5cccc6cccc(c65)c3c24)cc1. The van der Waals surface area contributed by atoms with Crippen molar-refractivity contribution in [1.29, 1.82) is 0 Å². The Balaban J connectivity index is 1.54. The Bertz CT molecular complexity index is 2300. The van der Waals surface area contributed by atoms with E-state index in [1.54, 1.807) is 0 Å². The molecule has 0 saturated heterocycles. The van der Waals surface area contributed by atoms with Crippen molar-refractivity contribution in [2.24, 2.45) is 0 Å². The van der Waals surface area contributed by atoms with Gasteiger partial charge in [-0.2, -0.15) is 0 Å². The second-order valence-corrected chi connectivity index (χ2v) is 10.5. The summed E-state index contributed by atoms with van der Waals surface area (Å²) in [4.78, 5) is 0. The molecule has 0 nitrogen and oxygen atoms in total. The monoisotopic (exact) mass is 478 g/mol. The van der Waals surface area contributed by atoms with Crippen LogP contribution in [0.3, 0.4) is 0 Å². The van der Waals surface area contributed by atoms with Gasteiger partial charge >= 0.3 is 0 Å². The van der Waals surface area contributed by atoms with E-state index < -0.39 is 0 Å². The number of hydrogen-bond acceptors (Lipinski definition) is 0. The van der Waals surface area contributed by atoms with Crippen LogP contribution in [0.15, 0.2) is 133 Å². The fourth-order valence-corrected chi connectivity index (χ4v) is 6.90. The van der Waals surface area contributed by atoms with Crippen molar-refractivity contribution < 1.29 is 0 Å². The zero-order chi connectivity index (χ0) is 24.8. The highest BCUT2D eigenvalue weighted by Gasteiger charge is 2.20. The summed E-state index contributed by atoms with van der Waals surface area (Å²) in [6.45, 7) is 0. The Morgan fingerprint density at radius 2 is 0.737 bits per heavy atom. The maximum absolute atomic E-state index is 2.43. The molecule has 0 fully saturated rings. The van der Waals surface area contributed by atoms with Crippen LogP contribution in [0.2, 0.25) is 0 Å². The van der Waals surface area contributed by atoms with Gasteiger partial charge in [0.1, 0.15) is 0 Å². The third-order valence-electron chi connectivity index (χ3n) is 8.49. The van der Waals surface area contributed by atoms with Crippen molar-refractivity contribution in [1.82, 2.24) is 0 Å². The minimum atomic E-state index is 1.25. The molecule has 0 spiro atoms.